The lowest BCUT2D eigenvalue weighted by Gasteiger charge is -2.14. The molecule has 0 spiro atoms. The number of rotatable bonds is 7. The van der Waals surface area contributed by atoms with Crippen molar-refractivity contribution >= 4 is 10.0 Å². The van der Waals surface area contributed by atoms with Crippen LogP contribution in [0.5, 0.6) is 0 Å². The van der Waals surface area contributed by atoms with Gasteiger partial charge >= 0.3 is 0 Å². The molecular weight excluding hydrogens is 248 g/mol. The summed E-state index contributed by atoms with van der Waals surface area (Å²) in [6, 6.07) is 8.54. The van der Waals surface area contributed by atoms with Crippen LogP contribution < -0.4 is 5.32 Å². The third-order valence-corrected chi connectivity index (χ3v) is 3.34. The Kier molecular flexibility index (Phi) is 5.78. The minimum atomic E-state index is -3.18. The first kappa shape index (κ1) is 15.1. The molecule has 0 aliphatic rings. The van der Waals surface area contributed by atoms with Crippen LogP contribution in [-0.2, 0) is 16.6 Å². The fourth-order valence-electron chi connectivity index (χ4n) is 1.62. The highest BCUT2D eigenvalue weighted by Gasteiger charge is 1.99. The van der Waals surface area contributed by atoms with E-state index in [0.717, 1.165) is 12.8 Å². The van der Waals surface area contributed by atoms with Gasteiger partial charge < -0.3 is 10.0 Å². The van der Waals surface area contributed by atoms with Crippen molar-refractivity contribution in [2.75, 3.05) is 19.3 Å². The molecule has 0 aliphatic carbocycles. The number of hydrogen-bond acceptors (Lipinski definition) is 2. The van der Waals surface area contributed by atoms with Crippen molar-refractivity contribution in [1.82, 2.24) is 0 Å². The molecule has 18 heavy (non-hydrogen) atoms. The fourth-order valence-corrected chi connectivity index (χ4v) is 2.05. The van der Waals surface area contributed by atoms with Crippen LogP contribution in [0, 0.1) is 0 Å². The maximum absolute atomic E-state index is 10.8. The maximum atomic E-state index is 10.8. The molecule has 1 aromatic rings. The van der Waals surface area contributed by atoms with Gasteiger partial charge in [0.1, 0.15) is 6.54 Å². The standard InChI is InChI=1S/C13H21N2O2S/c1-11(2)13-6-4-12(5-7-13)10-14-8-9-15-18(3,16)17/h4-7,11,14H,8-10H2,1-3H3/q-1/p+1. The second-order valence-corrected chi connectivity index (χ2v) is 6.49. The summed E-state index contributed by atoms with van der Waals surface area (Å²) in [5.74, 6) is 0.552. The largest absolute Gasteiger partial charge is 0.545 e. The van der Waals surface area contributed by atoms with E-state index >= 15 is 0 Å². The molecule has 0 radical (unpaired) electrons. The summed E-state index contributed by atoms with van der Waals surface area (Å²) in [7, 11) is -3.18. The molecule has 1 rings (SSSR count). The normalized spacial score (nSPS) is 12.0. The summed E-state index contributed by atoms with van der Waals surface area (Å²) >= 11 is 0. The predicted octanol–water partition coefficient (Wildman–Crippen LogP) is 1.21. The van der Waals surface area contributed by atoms with E-state index in [0.29, 0.717) is 19.0 Å². The monoisotopic (exact) mass is 270 g/mol. The Morgan fingerprint density at radius 1 is 1.22 bits per heavy atom. The lowest BCUT2D eigenvalue weighted by atomic mass is 10.0. The molecule has 4 nitrogen and oxygen atoms in total. The van der Waals surface area contributed by atoms with E-state index in [2.05, 4.69) is 48.2 Å². The molecule has 0 fully saturated rings. The third kappa shape index (κ3) is 6.14. The van der Waals surface area contributed by atoms with E-state index in [4.69, 9.17) is 0 Å². The number of hydrogen-bond donors (Lipinski definition) is 1. The van der Waals surface area contributed by atoms with Gasteiger partial charge in [-0.15, -0.1) is 0 Å². The molecule has 0 heterocycles. The quantitative estimate of drug-likeness (QED) is 0.757. The summed E-state index contributed by atoms with van der Waals surface area (Å²) in [6.45, 7) is 6.25. The Balaban J connectivity index is 2.27. The molecule has 2 N–H and O–H groups in total. The highest BCUT2D eigenvalue weighted by atomic mass is 32.2. The molecule has 102 valence electrons. The molecule has 0 saturated heterocycles. The highest BCUT2D eigenvalue weighted by molar-refractivity contribution is 7.93. The minimum Gasteiger partial charge on any atom is -0.545 e. The first-order valence-corrected chi connectivity index (χ1v) is 8.02. The SMILES string of the molecule is CC(C)c1ccc(C[NH2+]CC[N-]S(C)(=O)=O)cc1. The second kappa shape index (κ2) is 6.87. The molecule has 0 saturated carbocycles. The minimum absolute atomic E-state index is 0.350. The van der Waals surface area contributed by atoms with Crippen molar-refractivity contribution in [3.63, 3.8) is 0 Å². The van der Waals surface area contributed by atoms with Gasteiger partial charge in [0, 0.05) is 11.8 Å². The van der Waals surface area contributed by atoms with Crippen molar-refractivity contribution in [1.29, 1.82) is 0 Å². The summed E-state index contributed by atoms with van der Waals surface area (Å²) in [4.78, 5) is 0. The van der Waals surface area contributed by atoms with Crippen LogP contribution in [0.15, 0.2) is 24.3 Å². The molecule has 1 aromatic carbocycles. The lowest BCUT2D eigenvalue weighted by molar-refractivity contribution is -0.667. The number of quaternary nitrogens is 1. The Bertz CT molecular complexity index is 452. The Hall–Kier alpha value is -0.910. The maximum Gasteiger partial charge on any atom is 0.101 e. The van der Waals surface area contributed by atoms with E-state index in [9.17, 15) is 8.42 Å². The van der Waals surface area contributed by atoms with Gasteiger partial charge in [0.2, 0.25) is 0 Å². The first-order valence-electron chi connectivity index (χ1n) is 6.18. The van der Waals surface area contributed by atoms with Crippen molar-refractivity contribution in [3.05, 3.63) is 40.1 Å². The van der Waals surface area contributed by atoms with Crippen LogP contribution in [0.1, 0.15) is 30.9 Å². The fraction of sp³-hybridized carbons (Fsp3) is 0.538. The topological polar surface area (TPSA) is 64.8 Å². The number of nitrogens with zero attached hydrogens (tertiary/aromatic N) is 1. The van der Waals surface area contributed by atoms with E-state index in [1.54, 1.807) is 0 Å². The van der Waals surface area contributed by atoms with Gasteiger partial charge in [0.05, 0.1) is 16.6 Å². The first-order chi connectivity index (χ1) is 8.38. The van der Waals surface area contributed by atoms with Crippen LogP contribution >= 0.6 is 0 Å². The zero-order valence-corrected chi connectivity index (χ0v) is 12.1. The molecule has 0 bridgehead atoms. The van der Waals surface area contributed by atoms with Crippen LogP contribution in [0.25, 0.3) is 4.72 Å². The van der Waals surface area contributed by atoms with Crippen LogP contribution in [0.2, 0.25) is 0 Å². The number of nitrogens with two attached hydrogens (primary N) is 1. The summed E-state index contributed by atoms with van der Waals surface area (Å²) in [5.41, 5.74) is 2.59. The van der Waals surface area contributed by atoms with Crippen molar-refractivity contribution < 1.29 is 13.7 Å². The molecule has 0 atom stereocenters. The van der Waals surface area contributed by atoms with Crippen molar-refractivity contribution in [2.24, 2.45) is 0 Å². The van der Waals surface area contributed by atoms with E-state index in [1.807, 2.05) is 0 Å². The van der Waals surface area contributed by atoms with Gasteiger partial charge in [-0.2, -0.15) is 0 Å². The number of sulfonamides is 1. The van der Waals surface area contributed by atoms with E-state index in [1.165, 1.54) is 11.1 Å². The van der Waals surface area contributed by atoms with Gasteiger partial charge in [-0.25, -0.2) is 8.42 Å². The van der Waals surface area contributed by atoms with Crippen molar-refractivity contribution in [2.45, 2.75) is 26.3 Å². The predicted molar refractivity (Wildman–Crippen MR) is 74.1 cm³/mol. The Morgan fingerprint density at radius 2 is 1.83 bits per heavy atom. The van der Waals surface area contributed by atoms with Gasteiger partial charge in [0.15, 0.2) is 0 Å². The third-order valence-electron chi connectivity index (χ3n) is 2.69. The summed E-state index contributed by atoms with van der Waals surface area (Å²) in [5, 5.41) is 2.07. The van der Waals surface area contributed by atoms with E-state index < -0.39 is 10.0 Å². The summed E-state index contributed by atoms with van der Waals surface area (Å²) < 4.78 is 25.1. The highest BCUT2D eigenvalue weighted by Crippen LogP contribution is 2.14. The molecule has 0 amide bonds. The summed E-state index contributed by atoms with van der Waals surface area (Å²) in [6.07, 6.45) is 1.12. The number of benzene rings is 1. The van der Waals surface area contributed by atoms with Crippen molar-refractivity contribution in [3.8, 4) is 0 Å². The lowest BCUT2D eigenvalue weighted by Crippen LogP contribution is -2.83. The van der Waals surface area contributed by atoms with Gasteiger partial charge in [-0.1, -0.05) is 44.7 Å². The Labute approximate surface area is 110 Å². The van der Waals surface area contributed by atoms with Crippen LogP contribution in [0.3, 0.4) is 0 Å². The molecule has 0 aliphatic heterocycles. The smallest absolute Gasteiger partial charge is 0.101 e. The Morgan fingerprint density at radius 3 is 2.33 bits per heavy atom. The molecular formula is C13H22N2O2S. The second-order valence-electron chi connectivity index (χ2n) is 4.76. The van der Waals surface area contributed by atoms with Gasteiger partial charge in [-0.3, -0.25) is 0 Å². The zero-order chi connectivity index (χ0) is 13.6. The molecule has 0 unspecified atom stereocenters. The van der Waals surface area contributed by atoms with E-state index in [-0.39, 0.29) is 0 Å². The average molecular weight is 270 g/mol. The van der Waals surface area contributed by atoms with Crippen LogP contribution in [0.4, 0.5) is 0 Å². The average Bonchev–Trinajstić information content (AvgIpc) is 2.27. The van der Waals surface area contributed by atoms with Crippen LogP contribution in [-0.4, -0.2) is 27.8 Å². The molecule has 0 aromatic heterocycles. The zero-order valence-electron chi connectivity index (χ0n) is 11.3. The van der Waals surface area contributed by atoms with Gasteiger partial charge in [-0.05, 0) is 11.5 Å². The molecule has 5 heteroatoms. The van der Waals surface area contributed by atoms with Gasteiger partial charge in [0.25, 0.3) is 0 Å².